The van der Waals surface area contributed by atoms with Gasteiger partial charge in [0.15, 0.2) is 0 Å². The molecule has 2 aromatic carbocycles. The fourth-order valence-corrected chi connectivity index (χ4v) is 2.94. The lowest BCUT2D eigenvalue weighted by atomic mass is 10.2. The van der Waals surface area contributed by atoms with E-state index in [1.54, 1.807) is 13.2 Å². The number of carbonyl (C=O) groups excluding carboxylic acids is 1. The van der Waals surface area contributed by atoms with E-state index < -0.39 is 0 Å². The van der Waals surface area contributed by atoms with E-state index in [1.165, 1.54) is 0 Å². The molecule has 4 aromatic rings. The molecule has 0 spiro atoms. The number of pyridine rings is 1. The largest absolute Gasteiger partial charge is 0.383 e. The van der Waals surface area contributed by atoms with Crippen LogP contribution in [0, 0.1) is 0 Å². The van der Waals surface area contributed by atoms with Gasteiger partial charge in [0.2, 0.25) is 5.95 Å². The topological polar surface area (TPSA) is 69.0 Å². The summed E-state index contributed by atoms with van der Waals surface area (Å²) in [5, 5.41) is 3.88. The summed E-state index contributed by atoms with van der Waals surface area (Å²) in [5.41, 5.74) is 2.92. The van der Waals surface area contributed by atoms with Crippen LogP contribution in [0.5, 0.6) is 0 Å². The Morgan fingerprint density at radius 3 is 2.62 bits per heavy atom. The molecular formula is C20H18N4O2. The number of rotatable bonds is 5. The van der Waals surface area contributed by atoms with Crippen molar-refractivity contribution in [3.63, 3.8) is 0 Å². The Kier molecular flexibility index (Phi) is 4.33. The van der Waals surface area contributed by atoms with Crippen LogP contribution in [0.4, 0.5) is 5.95 Å². The summed E-state index contributed by atoms with van der Waals surface area (Å²) in [6.07, 6.45) is 0. The number of anilines is 1. The van der Waals surface area contributed by atoms with Gasteiger partial charge >= 0.3 is 0 Å². The van der Waals surface area contributed by atoms with E-state index in [-0.39, 0.29) is 5.91 Å². The maximum Gasteiger partial charge on any atom is 0.276 e. The maximum absolute atomic E-state index is 12.7. The minimum absolute atomic E-state index is 0.287. The fourth-order valence-electron chi connectivity index (χ4n) is 2.94. The standard InChI is InChI=1S/C20H18N4O2/c1-26-13-12-24-18-9-5-4-8-16(18)22-20(24)23-19(25)17-11-10-14-6-2-3-7-15(14)21-17/h2-11H,12-13H2,1H3,(H,22,23,25). The van der Waals surface area contributed by atoms with Gasteiger partial charge in [-0.3, -0.25) is 10.1 Å². The molecule has 0 bridgehead atoms. The van der Waals surface area contributed by atoms with Gasteiger partial charge in [0.25, 0.3) is 5.91 Å². The van der Waals surface area contributed by atoms with E-state index in [0.29, 0.717) is 24.8 Å². The fraction of sp³-hybridized carbons (Fsp3) is 0.150. The van der Waals surface area contributed by atoms with Crippen molar-refractivity contribution in [3.05, 3.63) is 66.4 Å². The highest BCUT2D eigenvalue weighted by Crippen LogP contribution is 2.20. The molecule has 26 heavy (non-hydrogen) atoms. The number of nitrogens with zero attached hydrogens (tertiary/aromatic N) is 3. The van der Waals surface area contributed by atoms with Crippen molar-refractivity contribution in [2.24, 2.45) is 0 Å². The van der Waals surface area contributed by atoms with E-state index in [9.17, 15) is 4.79 Å². The number of aromatic nitrogens is 3. The van der Waals surface area contributed by atoms with E-state index >= 15 is 0 Å². The lowest BCUT2D eigenvalue weighted by Crippen LogP contribution is -2.18. The molecular weight excluding hydrogens is 328 g/mol. The van der Waals surface area contributed by atoms with Gasteiger partial charge in [-0.2, -0.15) is 0 Å². The highest BCUT2D eigenvalue weighted by molar-refractivity contribution is 6.04. The van der Waals surface area contributed by atoms with Crippen LogP contribution in [0.3, 0.4) is 0 Å². The summed E-state index contributed by atoms with van der Waals surface area (Å²) in [7, 11) is 1.65. The quantitative estimate of drug-likeness (QED) is 0.601. The normalized spacial score (nSPS) is 11.1. The summed E-state index contributed by atoms with van der Waals surface area (Å²) >= 11 is 0. The molecule has 6 nitrogen and oxygen atoms in total. The smallest absolute Gasteiger partial charge is 0.276 e. The number of carbonyl (C=O) groups is 1. The molecule has 0 saturated heterocycles. The van der Waals surface area contributed by atoms with Crippen molar-refractivity contribution in [1.29, 1.82) is 0 Å². The Hall–Kier alpha value is -3.25. The Bertz CT molecular complexity index is 1090. The third-order valence-electron chi connectivity index (χ3n) is 4.23. The number of benzene rings is 2. The number of hydrogen-bond donors (Lipinski definition) is 1. The number of amides is 1. The average Bonchev–Trinajstić information content (AvgIpc) is 3.02. The van der Waals surface area contributed by atoms with Gasteiger partial charge in [-0.25, -0.2) is 9.97 Å². The second kappa shape index (κ2) is 6.93. The number of hydrogen-bond acceptors (Lipinski definition) is 4. The predicted octanol–water partition coefficient (Wildman–Crippen LogP) is 3.48. The number of methoxy groups -OCH3 is 1. The first-order valence-electron chi connectivity index (χ1n) is 8.37. The molecule has 0 fully saturated rings. The van der Waals surface area contributed by atoms with Crippen LogP contribution in [0.1, 0.15) is 10.5 Å². The predicted molar refractivity (Wildman–Crippen MR) is 101 cm³/mol. The summed E-state index contributed by atoms with van der Waals surface area (Å²) in [5.74, 6) is 0.202. The van der Waals surface area contributed by atoms with Crippen LogP contribution >= 0.6 is 0 Å². The van der Waals surface area contributed by atoms with Crippen molar-refractivity contribution in [3.8, 4) is 0 Å². The minimum Gasteiger partial charge on any atom is -0.383 e. The molecule has 0 aliphatic carbocycles. The Balaban J connectivity index is 1.67. The SMILES string of the molecule is COCCn1c(NC(=O)c2ccc3ccccc3n2)nc2ccccc21. The van der Waals surface area contributed by atoms with E-state index in [4.69, 9.17) is 4.74 Å². The first-order valence-corrected chi connectivity index (χ1v) is 8.37. The third kappa shape index (κ3) is 3.02. The summed E-state index contributed by atoms with van der Waals surface area (Å²) in [4.78, 5) is 21.7. The van der Waals surface area contributed by atoms with Crippen LogP contribution in [-0.4, -0.2) is 34.2 Å². The van der Waals surface area contributed by atoms with Gasteiger partial charge in [0.05, 0.1) is 23.2 Å². The van der Waals surface area contributed by atoms with E-state index in [0.717, 1.165) is 21.9 Å². The highest BCUT2D eigenvalue weighted by Gasteiger charge is 2.15. The molecule has 2 heterocycles. The monoisotopic (exact) mass is 346 g/mol. The first kappa shape index (κ1) is 16.2. The van der Waals surface area contributed by atoms with Crippen LogP contribution < -0.4 is 5.32 Å². The molecule has 0 aliphatic rings. The zero-order valence-corrected chi connectivity index (χ0v) is 14.3. The number of nitrogens with one attached hydrogen (secondary N) is 1. The third-order valence-corrected chi connectivity index (χ3v) is 4.23. The number of ether oxygens (including phenoxy) is 1. The first-order chi connectivity index (χ1) is 12.8. The summed E-state index contributed by atoms with van der Waals surface area (Å²) in [6.45, 7) is 1.12. The van der Waals surface area contributed by atoms with Crippen molar-refractivity contribution in [1.82, 2.24) is 14.5 Å². The Morgan fingerprint density at radius 2 is 1.77 bits per heavy atom. The molecule has 0 unspecified atom stereocenters. The van der Waals surface area contributed by atoms with Gasteiger partial charge in [-0.15, -0.1) is 0 Å². The van der Waals surface area contributed by atoms with Crippen LogP contribution in [0.2, 0.25) is 0 Å². The molecule has 6 heteroatoms. The number of imidazole rings is 1. The van der Waals surface area contributed by atoms with Crippen LogP contribution in [0.25, 0.3) is 21.9 Å². The highest BCUT2D eigenvalue weighted by atomic mass is 16.5. The zero-order valence-electron chi connectivity index (χ0n) is 14.3. The molecule has 0 radical (unpaired) electrons. The molecule has 0 atom stereocenters. The minimum atomic E-state index is -0.287. The van der Waals surface area contributed by atoms with Crippen molar-refractivity contribution < 1.29 is 9.53 Å². The van der Waals surface area contributed by atoms with Crippen molar-refractivity contribution in [2.45, 2.75) is 6.54 Å². The number of para-hydroxylation sites is 3. The summed E-state index contributed by atoms with van der Waals surface area (Å²) in [6, 6.07) is 19.1. The molecule has 1 amide bonds. The second-order valence-corrected chi connectivity index (χ2v) is 5.91. The average molecular weight is 346 g/mol. The van der Waals surface area contributed by atoms with Gasteiger partial charge in [0.1, 0.15) is 5.69 Å². The van der Waals surface area contributed by atoms with Crippen LogP contribution in [0.15, 0.2) is 60.7 Å². The number of fused-ring (bicyclic) bond motifs is 2. The molecule has 130 valence electrons. The molecule has 0 aliphatic heterocycles. The van der Waals surface area contributed by atoms with Crippen LogP contribution in [-0.2, 0) is 11.3 Å². The molecule has 1 N–H and O–H groups in total. The van der Waals surface area contributed by atoms with Gasteiger partial charge in [-0.1, -0.05) is 36.4 Å². The Morgan fingerprint density at radius 1 is 1.00 bits per heavy atom. The van der Waals surface area contributed by atoms with Gasteiger partial charge < -0.3 is 9.30 Å². The zero-order chi connectivity index (χ0) is 17.9. The van der Waals surface area contributed by atoms with Crippen molar-refractivity contribution in [2.75, 3.05) is 19.0 Å². The Labute approximate surface area is 150 Å². The summed E-state index contributed by atoms with van der Waals surface area (Å²) < 4.78 is 7.13. The van der Waals surface area contributed by atoms with Gasteiger partial charge in [-0.05, 0) is 24.3 Å². The van der Waals surface area contributed by atoms with Gasteiger partial charge in [0, 0.05) is 19.0 Å². The molecule has 4 rings (SSSR count). The van der Waals surface area contributed by atoms with E-state index in [2.05, 4.69) is 15.3 Å². The maximum atomic E-state index is 12.7. The molecule has 0 saturated carbocycles. The lowest BCUT2D eigenvalue weighted by Gasteiger charge is -2.09. The van der Waals surface area contributed by atoms with E-state index in [1.807, 2.05) is 59.2 Å². The second-order valence-electron chi connectivity index (χ2n) is 5.91. The lowest BCUT2D eigenvalue weighted by molar-refractivity contribution is 0.102. The van der Waals surface area contributed by atoms with Crippen molar-refractivity contribution >= 4 is 33.8 Å². The molecule has 2 aromatic heterocycles.